The Bertz CT molecular complexity index is 862. The lowest BCUT2D eigenvalue weighted by molar-refractivity contribution is -0.151. The zero-order chi connectivity index (χ0) is 28.2. The van der Waals surface area contributed by atoms with E-state index < -0.39 is 47.4 Å². The molecule has 10 nitrogen and oxygen atoms in total. The van der Waals surface area contributed by atoms with Crippen molar-refractivity contribution in [2.45, 2.75) is 98.1 Å². The van der Waals surface area contributed by atoms with Gasteiger partial charge in [0.05, 0.1) is 6.61 Å². The molecule has 0 aliphatic carbocycles. The molecule has 0 aliphatic rings. The summed E-state index contributed by atoms with van der Waals surface area (Å²) < 4.78 is 21.3. The lowest BCUT2D eigenvalue weighted by atomic mass is 10.1. The number of amides is 2. The summed E-state index contributed by atoms with van der Waals surface area (Å²) in [6.45, 7) is 13.9. The molecular formula is C27H42N2O8. The van der Waals surface area contributed by atoms with Gasteiger partial charge in [0.1, 0.15) is 29.9 Å². The number of nitrogens with one attached hydrogen (secondary N) is 1. The fourth-order valence-corrected chi connectivity index (χ4v) is 3.09. The van der Waals surface area contributed by atoms with E-state index in [0.29, 0.717) is 17.9 Å². The highest BCUT2D eigenvalue weighted by Gasteiger charge is 2.41. The van der Waals surface area contributed by atoms with Crippen LogP contribution in [0.1, 0.15) is 73.8 Å². The predicted octanol–water partition coefficient (Wildman–Crippen LogP) is 4.59. The summed E-state index contributed by atoms with van der Waals surface area (Å²) in [7, 11) is 0. The number of rotatable bonds is 11. The number of hydrogen-bond donors (Lipinski definition) is 1. The average Bonchev–Trinajstić information content (AvgIpc) is 2.77. The van der Waals surface area contributed by atoms with Crippen molar-refractivity contribution >= 4 is 24.1 Å². The molecule has 0 unspecified atom stereocenters. The van der Waals surface area contributed by atoms with E-state index in [2.05, 4.69) is 5.32 Å². The number of nitrogens with zero attached hydrogens (tertiary/aromatic N) is 1. The number of hydrogen-bond acceptors (Lipinski definition) is 9. The summed E-state index contributed by atoms with van der Waals surface area (Å²) in [5.41, 5.74) is -1.10. The van der Waals surface area contributed by atoms with Crippen LogP contribution in [0.2, 0.25) is 0 Å². The molecule has 0 saturated carbocycles. The molecule has 1 N–H and O–H groups in total. The topological polar surface area (TPSA) is 120 Å². The van der Waals surface area contributed by atoms with Gasteiger partial charge in [0.2, 0.25) is 0 Å². The standard InChI is InChI=1S/C27H42N2O8/c1-9-34-22(30)19(2)28-17-13-16-21(23(31)35-18-20-14-11-10-12-15-20)29(24(32)36-26(3,4)5)25(33)37-27(6,7)8/h10-12,14-15,19,21,28H,9,13,16-18H2,1-8H3/t19-,21+/m0/s1. The molecule has 1 aromatic rings. The maximum atomic E-state index is 13.2. The average molecular weight is 523 g/mol. The molecule has 0 fully saturated rings. The molecule has 0 saturated heterocycles. The van der Waals surface area contributed by atoms with Gasteiger partial charge in [0.15, 0.2) is 0 Å². The lowest BCUT2D eigenvalue weighted by Gasteiger charge is -2.32. The van der Waals surface area contributed by atoms with Crippen LogP contribution in [0.5, 0.6) is 0 Å². The quantitative estimate of drug-likeness (QED) is 0.253. The van der Waals surface area contributed by atoms with Crippen LogP contribution in [0.3, 0.4) is 0 Å². The second-order valence-electron chi connectivity index (χ2n) is 10.5. The summed E-state index contributed by atoms with van der Waals surface area (Å²) in [5, 5.41) is 3.02. The van der Waals surface area contributed by atoms with Gasteiger partial charge in [-0.1, -0.05) is 30.3 Å². The predicted molar refractivity (Wildman–Crippen MR) is 138 cm³/mol. The van der Waals surface area contributed by atoms with Gasteiger partial charge in [-0.05, 0) is 80.3 Å². The first-order chi connectivity index (χ1) is 17.1. The van der Waals surface area contributed by atoms with Crippen LogP contribution in [-0.4, -0.2) is 65.5 Å². The summed E-state index contributed by atoms with van der Waals surface area (Å²) in [6.07, 6.45) is -1.65. The van der Waals surface area contributed by atoms with Crippen molar-refractivity contribution in [1.29, 1.82) is 0 Å². The molecule has 10 heteroatoms. The van der Waals surface area contributed by atoms with Crippen molar-refractivity contribution in [3.8, 4) is 0 Å². The third-order valence-corrected chi connectivity index (χ3v) is 4.73. The van der Waals surface area contributed by atoms with E-state index in [4.69, 9.17) is 18.9 Å². The van der Waals surface area contributed by atoms with Crippen LogP contribution in [0.4, 0.5) is 9.59 Å². The molecule has 0 aliphatic heterocycles. The smallest absolute Gasteiger partial charge is 0.420 e. The molecule has 1 aromatic carbocycles. The molecule has 2 amide bonds. The SMILES string of the molecule is CCOC(=O)[C@H](C)NCCC[C@H](C(=O)OCc1ccccc1)N(C(=O)OC(C)(C)C)C(=O)OC(C)(C)C. The number of carbonyl (C=O) groups is 4. The van der Waals surface area contributed by atoms with Crippen molar-refractivity contribution in [1.82, 2.24) is 10.2 Å². The lowest BCUT2D eigenvalue weighted by Crippen LogP contribution is -2.52. The highest BCUT2D eigenvalue weighted by atomic mass is 16.6. The molecule has 0 radical (unpaired) electrons. The van der Waals surface area contributed by atoms with E-state index in [1.165, 1.54) is 0 Å². The molecule has 1 rings (SSSR count). The molecule has 0 heterocycles. The minimum Gasteiger partial charge on any atom is -0.465 e. The van der Waals surface area contributed by atoms with Crippen molar-refractivity contribution in [3.63, 3.8) is 0 Å². The fraction of sp³-hybridized carbons (Fsp3) is 0.630. The van der Waals surface area contributed by atoms with E-state index in [1.807, 2.05) is 18.2 Å². The second-order valence-corrected chi connectivity index (χ2v) is 10.5. The van der Waals surface area contributed by atoms with Gasteiger partial charge in [-0.3, -0.25) is 4.79 Å². The van der Waals surface area contributed by atoms with Gasteiger partial charge in [-0.25, -0.2) is 14.4 Å². The maximum absolute atomic E-state index is 13.2. The fourth-order valence-electron chi connectivity index (χ4n) is 3.09. The first kappa shape index (κ1) is 31.9. The number of esters is 2. The van der Waals surface area contributed by atoms with E-state index in [0.717, 1.165) is 5.56 Å². The molecule has 2 atom stereocenters. The van der Waals surface area contributed by atoms with Gasteiger partial charge < -0.3 is 24.3 Å². The van der Waals surface area contributed by atoms with E-state index in [1.54, 1.807) is 67.5 Å². The Kier molecular flexibility index (Phi) is 12.6. The Morgan fingerprint density at radius 3 is 1.89 bits per heavy atom. The van der Waals surface area contributed by atoms with E-state index in [9.17, 15) is 19.2 Å². The Hall–Kier alpha value is -3.14. The normalized spacial score (nSPS) is 13.2. The largest absolute Gasteiger partial charge is 0.465 e. The Labute approximate surface area is 220 Å². The Morgan fingerprint density at radius 1 is 0.865 bits per heavy atom. The van der Waals surface area contributed by atoms with Gasteiger partial charge in [0.25, 0.3) is 0 Å². The first-order valence-corrected chi connectivity index (χ1v) is 12.5. The molecule has 0 spiro atoms. The first-order valence-electron chi connectivity index (χ1n) is 12.5. The zero-order valence-electron chi connectivity index (χ0n) is 23.3. The number of imide groups is 1. The highest BCUT2D eigenvalue weighted by molar-refractivity contribution is 5.94. The monoisotopic (exact) mass is 522 g/mol. The number of benzene rings is 1. The minimum absolute atomic E-state index is 0.0369. The van der Waals surface area contributed by atoms with Crippen LogP contribution < -0.4 is 5.32 Å². The van der Waals surface area contributed by atoms with E-state index >= 15 is 0 Å². The van der Waals surface area contributed by atoms with Crippen LogP contribution in [-0.2, 0) is 35.1 Å². The van der Waals surface area contributed by atoms with Crippen molar-refractivity contribution < 1.29 is 38.1 Å². The van der Waals surface area contributed by atoms with Crippen molar-refractivity contribution in [2.75, 3.05) is 13.2 Å². The Morgan fingerprint density at radius 2 is 1.41 bits per heavy atom. The summed E-state index contributed by atoms with van der Waals surface area (Å²) in [5.74, 6) is -1.18. The third-order valence-electron chi connectivity index (χ3n) is 4.73. The van der Waals surface area contributed by atoms with Crippen LogP contribution in [0.15, 0.2) is 30.3 Å². The molecule has 0 aromatic heterocycles. The Balaban J connectivity index is 3.14. The van der Waals surface area contributed by atoms with Gasteiger partial charge in [0, 0.05) is 0 Å². The third kappa shape index (κ3) is 12.6. The molecule has 0 bridgehead atoms. The molecular weight excluding hydrogens is 480 g/mol. The van der Waals surface area contributed by atoms with Gasteiger partial charge in [-0.15, -0.1) is 0 Å². The van der Waals surface area contributed by atoms with Crippen molar-refractivity contribution in [3.05, 3.63) is 35.9 Å². The van der Waals surface area contributed by atoms with Crippen LogP contribution in [0.25, 0.3) is 0 Å². The van der Waals surface area contributed by atoms with Crippen molar-refractivity contribution in [2.24, 2.45) is 0 Å². The number of carbonyl (C=O) groups excluding carboxylic acids is 4. The summed E-state index contributed by atoms with van der Waals surface area (Å²) in [6, 6.07) is 7.18. The molecule has 208 valence electrons. The highest BCUT2D eigenvalue weighted by Crippen LogP contribution is 2.20. The van der Waals surface area contributed by atoms with E-state index in [-0.39, 0.29) is 19.6 Å². The van der Waals surface area contributed by atoms with Gasteiger partial charge >= 0.3 is 24.1 Å². The summed E-state index contributed by atoms with van der Waals surface area (Å²) in [4.78, 5) is 52.0. The maximum Gasteiger partial charge on any atom is 0.420 e. The summed E-state index contributed by atoms with van der Waals surface area (Å²) >= 11 is 0. The van der Waals surface area contributed by atoms with Crippen LogP contribution >= 0.6 is 0 Å². The second kappa shape index (κ2) is 14.6. The number of ether oxygens (including phenoxy) is 4. The molecule has 37 heavy (non-hydrogen) atoms. The van der Waals surface area contributed by atoms with Gasteiger partial charge in [-0.2, -0.15) is 4.90 Å². The zero-order valence-corrected chi connectivity index (χ0v) is 23.3. The minimum atomic E-state index is -1.31. The van der Waals surface area contributed by atoms with Crippen LogP contribution in [0, 0.1) is 0 Å².